The SMILES string of the molecule is NC(=O)COCc1nnc(SCC2=C(C(=O)O)N3C(=O)C(NC(=O)[C@H](O)c4ccccc4)[C@H]3SC2)s1. The van der Waals surface area contributed by atoms with Gasteiger partial charge in [-0.05, 0) is 11.1 Å². The van der Waals surface area contributed by atoms with Crippen molar-refractivity contribution in [1.82, 2.24) is 20.4 Å². The van der Waals surface area contributed by atoms with E-state index in [0.717, 1.165) is 0 Å². The average molecular weight is 552 g/mol. The third kappa shape index (κ3) is 5.70. The molecule has 0 bridgehead atoms. The molecule has 2 aliphatic heterocycles. The molecule has 3 amide bonds. The predicted molar refractivity (Wildman–Crippen MR) is 131 cm³/mol. The number of rotatable bonds is 11. The second-order valence-electron chi connectivity index (χ2n) is 7.68. The van der Waals surface area contributed by atoms with Gasteiger partial charge in [-0.2, -0.15) is 0 Å². The molecular formula is C21H21N5O7S3. The van der Waals surface area contributed by atoms with E-state index in [1.165, 1.54) is 39.8 Å². The van der Waals surface area contributed by atoms with Gasteiger partial charge in [-0.1, -0.05) is 53.4 Å². The number of β-lactam (4-membered cyclic amide) rings is 1. The summed E-state index contributed by atoms with van der Waals surface area (Å²) < 4.78 is 5.68. The van der Waals surface area contributed by atoms with Crippen molar-refractivity contribution in [3.8, 4) is 0 Å². The zero-order valence-electron chi connectivity index (χ0n) is 18.5. The normalized spacial score (nSPS) is 19.9. The number of nitrogens with zero attached hydrogens (tertiary/aromatic N) is 3. The molecule has 0 saturated carbocycles. The number of ether oxygens (including phenoxy) is 1. The van der Waals surface area contributed by atoms with Crippen LogP contribution in [0.5, 0.6) is 0 Å². The highest BCUT2D eigenvalue weighted by atomic mass is 32.2. The van der Waals surface area contributed by atoms with E-state index in [1.54, 1.807) is 30.3 Å². The Labute approximate surface area is 217 Å². The van der Waals surface area contributed by atoms with Gasteiger partial charge in [-0.15, -0.1) is 22.0 Å². The minimum absolute atomic E-state index is 0.0795. The first-order valence-electron chi connectivity index (χ1n) is 10.5. The van der Waals surface area contributed by atoms with Gasteiger partial charge in [0.25, 0.3) is 11.8 Å². The van der Waals surface area contributed by atoms with Crippen LogP contribution >= 0.6 is 34.9 Å². The highest BCUT2D eigenvalue weighted by molar-refractivity contribution is 8.01. The molecule has 2 aliphatic rings. The number of hydrogen-bond acceptors (Lipinski definition) is 11. The van der Waals surface area contributed by atoms with Crippen molar-refractivity contribution in [2.75, 3.05) is 18.1 Å². The number of aromatic nitrogens is 2. The van der Waals surface area contributed by atoms with Crippen LogP contribution in [0.25, 0.3) is 0 Å². The van der Waals surface area contributed by atoms with Crippen LogP contribution in [0.2, 0.25) is 0 Å². The fraction of sp³-hybridized carbons (Fsp3) is 0.333. The fourth-order valence-corrected chi connectivity index (χ4v) is 6.87. The van der Waals surface area contributed by atoms with E-state index in [2.05, 4.69) is 15.5 Å². The van der Waals surface area contributed by atoms with Crippen LogP contribution in [-0.2, 0) is 30.5 Å². The molecule has 5 N–H and O–H groups in total. The number of carbonyl (C=O) groups is 4. The average Bonchev–Trinajstić information content (AvgIpc) is 3.32. The van der Waals surface area contributed by atoms with Crippen molar-refractivity contribution in [2.24, 2.45) is 5.73 Å². The lowest BCUT2D eigenvalue weighted by molar-refractivity contribution is -0.151. The number of aliphatic hydroxyl groups is 1. The lowest BCUT2D eigenvalue weighted by atomic mass is 10.0. The van der Waals surface area contributed by atoms with Crippen molar-refractivity contribution < 1.29 is 34.1 Å². The van der Waals surface area contributed by atoms with Gasteiger partial charge in [0.1, 0.15) is 35.3 Å². The maximum Gasteiger partial charge on any atom is 0.352 e. The molecule has 1 unspecified atom stereocenters. The minimum Gasteiger partial charge on any atom is -0.477 e. The zero-order valence-corrected chi connectivity index (χ0v) is 21.0. The van der Waals surface area contributed by atoms with Crippen molar-refractivity contribution >= 4 is 58.6 Å². The minimum atomic E-state index is -1.44. The number of aliphatic carboxylic acids is 1. The summed E-state index contributed by atoms with van der Waals surface area (Å²) in [7, 11) is 0. The van der Waals surface area contributed by atoms with E-state index in [1.807, 2.05) is 0 Å². The van der Waals surface area contributed by atoms with Crippen LogP contribution in [0, 0.1) is 0 Å². The predicted octanol–water partition coefficient (Wildman–Crippen LogP) is 0.104. The fourth-order valence-electron chi connectivity index (χ4n) is 3.56. The number of nitrogens with one attached hydrogen (secondary N) is 1. The molecule has 1 fully saturated rings. The van der Waals surface area contributed by atoms with Gasteiger partial charge in [0.2, 0.25) is 5.91 Å². The molecular weight excluding hydrogens is 530 g/mol. The van der Waals surface area contributed by atoms with E-state index in [-0.39, 0.29) is 24.7 Å². The Morgan fingerprint density at radius 1 is 1.28 bits per heavy atom. The molecule has 3 heterocycles. The first-order valence-corrected chi connectivity index (χ1v) is 13.4. The molecule has 1 saturated heterocycles. The molecule has 4 rings (SSSR count). The Hall–Kier alpha value is -2.98. The van der Waals surface area contributed by atoms with E-state index >= 15 is 0 Å². The third-order valence-electron chi connectivity index (χ3n) is 5.20. The second kappa shape index (κ2) is 11.4. The Bertz CT molecular complexity index is 1210. The lowest BCUT2D eigenvalue weighted by Gasteiger charge is -2.49. The first kappa shape index (κ1) is 26.1. The molecule has 1 aromatic carbocycles. The number of amides is 3. The molecule has 0 radical (unpaired) electrons. The number of fused-ring (bicyclic) bond motifs is 1. The highest BCUT2D eigenvalue weighted by Gasteiger charge is 2.54. The summed E-state index contributed by atoms with van der Waals surface area (Å²) in [4.78, 5) is 49.3. The van der Waals surface area contributed by atoms with Crippen LogP contribution in [0.1, 0.15) is 16.7 Å². The number of carbonyl (C=O) groups excluding carboxylic acids is 3. The molecule has 190 valence electrons. The Balaban J connectivity index is 1.38. The van der Waals surface area contributed by atoms with Crippen LogP contribution in [-0.4, -0.2) is 78.5 Å². The van der Waals surface area contributed by atoms with Crippen molar-refractivity contribution in [2.45, 2.75) is 28.5 Å². The van der Waals surface area contributed by atoms with Crippen molar-refractivity contribution in [3.63, 3.8) is 0 Å². The summed E-state index contributed by atoms with van der Waals surface area (Å²) in [6.07, 6.45) is -1.44. The van der Waals surface area contributed by atoms with Crippen molar-refractivity contribution in [1.29, 1.82) is 0 Å². The van der Waals surface area contributed by atoms with Gasteiger partial charge in [0, 0.05) is 11.5 Å². The number of primary amides is 1. The number of benzene rings is 1. The molecule has 12 nitrogen and oxygen atoms in total. The monoisotopic (exact) mass is 551 g/mol. The maximum absolute atomic E-state index is 12.8. The first-order chi connectivity index (χ1) is 17.3. The maximum atomic E-state index is 12.8. The van der Waals surface area contributed by atoms with Crippen molar-refractivity contribution in [3.05, 3.63) is 52.2 Å². The molecule has 0 spiro atoms. The van der Waals surface area contributed by atoms with Gasteiger partial charge < -0.3 is 26.0 Å². The second-order valence-corrected chi connectivity index (χ2v) is 11.1. The van der Waals surface area contributed by atoms with Crippen LogP contribution in [0.3, 0.4) is 0 Å². The lowest BCUT2D eigenvalue weighted by Crippen LogP contribution is -2.70. The molecule has 15 heteroatoms. The number of aliphatic hydroxyl groups excluding tert-OH is 1. The summed E-state index contributed by atoms with van der Waals surface area (Å²) >= 11 is 3.85. The molecule has 0 aliphatic carbocycles. The van der Waals surface area contributed by atoms with Crippen LogP contribution in [0.4, 0.5) is 0 Å². The highest BCUT2D eigenvalue weighted by Crippen LogP contribution is 2.42. The quantitative estimate of drug-likeness (QED) is 0.219. The summed E-state index contributed by atoms with van der Waals surface area (Å²) in [5.41, 5.74) is 5.84. The standard InChI is InChI=1S/C21H21N5O7S3/c22-12(27)6-33-7-13-24-25-21(36-13)35-9-11-8-34-19-14(18(30)26(19)15(11)20(31)32)23-17(29)16(28)10-4-2-1-3-5-10/h1-5,14,16,19,28H,6-9H2,(H2,22,27)(H,23,29)(H,31,32)/t14?,16-,19-/m1/s1. The van der Waals surface area contributed by atoms with Gasteiger partial charge in [-0.3, -0.25) is 19.3 Å². The number of carboxylic acid groups (broad SMARTS) is 1. The summed E-state index contributed by atoms with van der Waals surface area (Å²) in [5.74, 6) is -2.50. The summed E-state index contributed by atoms with van der Waals surface area (Å²) in [5, 5.41) is 30.6. The van der Waals surface area contributed by atoms with Gasteiger partial charge in [-0.25, -0.2) is 4.79 Å². The molecule has 1 aromatic heterocycles. The number of carboxylic acids is 1. The smallest absolute Gasteiger partial charge is 0.352 e. The number of thioether (sulfide) groups is 2. The number of nitrogens with two attached hydrogens (primary N) is 1. The van der Waals surface area contributed by atoms with E-state index < -0.39 is 41.2 Å². The molecule has 2 aromatic rings. The third-order valence-corrected chi connectivity index (χ3v) is 8.66. The molecule has 36 heavy (non-hydrogen) atoms. The van der Waals surface area contributed by atoms with Crippen LogP contribution in [0.15, 0.2) is 45.9 Å². The van der Waals surface area contributed by atoms with E-state index in [0.29, 0.717) is 26.2 Å². The Morgan fingerprint density at radius 3 is 2.72 bits per heavy atom. The van der Waals surface area contributed by atoms with Gasteiger partial charge in [0.15, 0.2) is 10.4 Å². The Morgan fingerprint density at radius 2 is 2.03 bits per heavy atom. The van der Waals surface area contributed by atoms with E-state index in [9.17, 15) is 29.4 Å². The zero-order chi connectivity index (χ0) is 25.8. The Kier molecular flexibility index (Phi) is 8.25. The van der Waals surface area contributed by atoms with Gasteiger partial charge >= 0.3 is 5.97 Å². The summed E-state index contributed by atoms with van der Waals surface area (Å²) in [6, 6.07) is 7.37. The van der Waals surface area contributed by atoms with E-state index in [4.69, 9.17) is 10.5 Å². The molecule has 3 atom stereocenters. The summed E-state index contributed by atoms with van der Waals surface area (Å²) in [6.45, 7) is -0.151. The van der Waals surface area contributed by atoms with Crippen LogP contribution < -0.4 is 11.1 Å². The topological polar surface area (TPSA) is 185 Å². The van der Waals surface area contributed by atoms with Gasteiger partial charge in [0.05, 0.1) is 0 Å². The largest absolute Gasteiger partial charge is 0.477 e. The number of hydrogen-bond donors (Lipinski definition) is 4.